The van der Waals surface area contributed by atoms with Gasteiger partial charge in [0.15, 0.2) is 11.6 Å². The fourth-order valence-corrected chi connectivity index (χ4v) is 4.28. The first-order valence-corrected chi connectivity index (χ1v) is 11.1. The molecule has 170 valence electrons. The average molecular weight is 458 g/mol. The molecule has 32 heavy (non-hydrogen) atoms. The van der Waals surface area contributed by atoms with Gasteiger partial charge in [-0.15, -0.1) is 0 Å². The quantitative estimate of drug-likeness (QED) is 0.523. The summed E-state index contributed by atoms with van der Waals surface area (Å²) in [5.74, 6) is 0.202. The van der Waals surface area contributed by atoms with E-state index < -0.39 is 5.60 Å². The van der Waals surface area contributed by atoms with Crippen LogP contribution in [0, 0.1) is 0 Å². The molecule has 8 heteroatoms. The number of aliphatic hydroxyl groups is 1. The van der Waals surface area contributed by atoms with E-state index in [1.807, 2.05) is 12.1 Å². The third-order valence-corrected chi connectivity index (χ3v) is 6.63. The van der Waals surface area contributed by atoms with Gasteiger partial charge in [0.2, 0.25) is 5.88 Å². The maximum Gasteiger partial charge on any atom is 0.307 e. The number of aromatic hydroxyl groups is 1. The van der Waals surface area contributed by atoms with Gasteiger partial charge in [-0.05, 0) is 58.2 Å². The van der Waals surface area contributed by atoms with Crippen molar-refractivity contribution in [2.75, 3.05) is 6.61 Å². The summed E-state index contributed by atoms with van der Waals surface area (Å²) < 4.78 is 5.73. The standard InChI is InChI=1S/C24H27NO6S/c1-13-14(2)21(27)18(15(3)20(13)26)9-10-24(4,30)12-31-17-7-5-16(6-8-17)11-19-22(28)25-23(29)32-19/h5-8,28,30H,9-12H2,1-4H3,(H,25,29). The van der Waals surface area contributed by atoms with Crippen molar-refractivity contribution in [1.82, 2.24) is 4.98 Å². The largest absolute Gasteiger partial charge is 0.494 e. The van der Waals surface area contributed by atoms with Crippen molar-refractivity contribution in [2.45, 2.75) is 52.6 Å². The van der Waals surface area contributed by atoms with E-state index >= 15 is 0 Å². The van der Waals surface area contributed by atoms with E-state index in [9.17, 15) is 24.6 Å². The summed E-state index contributed by atoms with van der Waals surface area (Å²) in [6.45, 7) is 6.63. The van der Waals surface area contributed by atoms with Crippen molar-refractivity contribution in [2.24, 2.45) is 0 Å². The van der Waals surface area contributed by atoms with Crippen LogP contribution in [0.1, 0.15) is 51.0 Å². The summed E-state index contributed by atoms with van der Waals surface area (Å²) in [5.41, 5.74) is 1.56. The molecular formula is C24H27NO6S. The lowest BCUT2D eigenvalue weighted by molar-refractivity contribution is -0.116. The maximum absolute atomic E-state index is 12.6. The third-order valence-electron chi connectivity index (χ3n) is 5.76. The van der Waals surface area contributed by atoms with Crippen molar-refractivity contribution in [3.63, 3.8) is 0 Å². The van der Waals surface area contributed by atoms with Crippen LogP contribution in [0.15, 0.2) is 51.4 Å². The fraction of sp³-hybridized carbons (Fsp3) is 0.375. The van der Waals surface area contributed by atoms with Crippen LogP contribution < -0.4 is 9.61 Å². The number of Topliss-reactive ketones (excluding diaryl/α,β-unsaturated/α-hetero) is 2. The lowest BCUT2D eigenvalue weighted by Crippen LogP contribution is -2.33. The Labute approximate surface area is 190 Å². The number of benzene rings is 1. The van der Waals surface area contributed by atoms with Crippen LogP contribution in [-0.4, -0.2) is 39.0 Å². The Bertz CT molecular complexity index is 1160. The lowest BCUT2D eigenvalue weighted by Gasteiger charge is -2.25. The summed E-state index contributed by atoms with van der Waals surface area (Å²) in [6.07, 6.45) is 0.982. The second-order valence-electron chi connectivity index (χ2n) is 8.40. The number of ether oxygens (including phenoxy) is 1. The molecule has 0 saturated heterocycles. The normalized spacial score (nSPS) is 16.5. The maximum atomic E-state index is 12.6. The molecule has 3 N–H and O–H groups in total. The summed E-state index contributed by atoms with van der Waals surface area (Å²) in [7, 11) is 0. The highest BCUT2D eigenvalue weighted by molar-refractivity contribution is 7.09. The fourth-order valence-electron chi connectivity index (χ4n) is 3.52. The number of nitrogens with one attached hydrogen (secondary N) is 1. The number of hydrogen-bond donors (Lipinski definition) is 3. The highest BCUT2D eigenvalue weighted by Crippen LogP contribution is 2.29. The van der Waals surface area contributed by atoms with Gasteiger partial charge >= 0.3 is 4.87 Å². The number of carbonyl (C=O) groups is 2. The van der Waals surface area contributed by atoms with Crippen LogP contribution in [0.25, 0.3) is 0 Å². The summed E-state index contributed by atoms with van der Waals surface area (Å²) in [6, 6.07) is 7.16. The molecule has 0 radical (unpaired) electrons. The predicted molar refractivity (Wildman–Crippen MR) is 122 cm³/mol. The van der Waals surface area contributed by atoms with Gasteiger partial charge in [-0.1, -0.05) is 23.5 Å². The smallest absolute Gasteiger partial charge is 0.307 e. The molecule has 1 aliphatic carbocycles. The molecule has 0 saturated carbocycles. The van der Waals surface area contributed by atoms with E-state index in [0.717, 1.165) is 16.9 Å². The Balaban J connectivity index is 1.57. The number of aromatic nitrogens is 1. The zero-order valence-electron chi connectivity index (χ0n) is 18.6. The summed E-state index contributed by atoms with van der Waals surface area (Å²) in [5, 5.41) is 20.4. The summed E-state index contributed by atoms with van der Waals surface area (Å²) >= 11 is 0.968. The molecule has 0 aliphatic heterocycles. The molecule has 2 aromatic rings. The second kappa shape index (κ2) is 9.26. The second-order valence-corrected chi connectivity index (χ2v) is 9.47. The third kappa shape index (κ3) is 5.26. The van der Waals surface area contributed by atoms with Gasteiger partial charge in [0.25, 0.3) is 0 Å². The monoisotopic (exact) mass is 457 g/mol. The Hall–Kier alpha value is -2.97. The van der Waals surface area contributed by atoms with Crippen LogP contribution in [0.4, 0.5) is 0 Å². The zero-order chi connectivity index (χ0) is 23.6. The van der Waals surface area contributed by atoms with Crippen molar-refractivity contribution in [1.29, 1.82) is 0 Å². The van der Waals surface area contributed by atoms with Crippen LogP contribution in [-0.2, 0) is 16.0 Å². The van der Waals surface area contributed by atoms with Crippen LogP contribution in [0.5, 0.6) is 11.6 Å². The van der Waals surface area contributed by atoms with Crippen LogP contribution in [0.2, 0.25) is 0 Å². The number of hydrogen-bond acceptors (Lipinski definition) is 7. The van der Waals surface area contributed by atoms with E-state index in [1.165, 1.54) is 0 Å². The van der Waals surface area contributed by atoms with Crippen molar-refractivity contribution in [3.05, 3.63) is 66.7 Å². The Kier molecular flexibility index (Phi) is 6.85. The Morgan fingerprint density at radius 1 is 1.00 bits per heavy atom. The average Bonchev–Trinajstić information content (AvgIpc) is 3.07. The molecule has 1 aromatic heterocycles. The molecule has 7 nitrogen and oxygen atoms in total. The minimum absolute atomic E-state index is 0.0227. The number of ketones is 2. The molecule has 1 heterocycles. The molecule has 1 unspecified atom stereocenters. The van der Waals surface area contributed by atoms with Gasteiger partial charge in [-0.2, -0.15) is 0 Å². The van der Waals surface area contributed by atoms with E-state index in [1.54, 1.807) is 39.8 Å². The number of allylic oxidation sites excluding steroid dienone is 4. The molecule has 1 aliphatic rings. The van der Waals surface area contributed by atoms with E-state index in [-0.39, 0.29) is 35.3 Å². The van der Waals surface area contributed by atoms with E-state index in [0.29, 0.717) is 45.8 Å². The Morgan fingerprint density at radius 3 is 2.22 bits per heavy atom. The molecule has 0 spiro atoms. The first-order valence-electron chi connectivity index (χ1n) is 10.3. The molecular weight excluding hydrogens is 430 g/mol. The number of aromatic amines is 1. The highest BCUT2D eigenvalue weighted by atomic mass is 32.1. The molecule has 1 atom stereocenters. The number of thiazole rings is 1. The van der Waals surface area contributed by atoms with Gasteiger partial charge < -0.3 is 14.9 Å². The number of rotatable bonds is 8. The van der Waals surface area contributed by atoms with Gasteiger partial charge in [0.05, 0.1) is 10.5 Å². The number of carbonyl (C=O) groups excluding carboxylic acids is 2. The van der Waals surface area contributed by atoms with Crippen molar-refractivity contribution >= 4 is 22.9 Å². The first kappa shape index (κ1) is 23.7. The summed E-state index contributed by atoms with van der Waals surface area (Å²) in [4.78, 5) is 38.8. The van der Waals surface area contributed by atoms with Crippen molar-refractivity contribution in [3.8, 4) is 11.6 Å². The SMILES string of the molecule is CC1=C(C)C(=O)C(CCC(C)(O)COc2ccc(Cc3sc(=O)[nH]c3O)cc2)=C(C)C1=O. The molecule has 3 rings (SSSR count). The minimum Gasteiger partial charge on any atom is -0.494 e. The molecule has 0 amide bonds. The minimum atomic E-state index is -1.19. The van der Waals surface area contributed by atoms with E-state index in [4.69, 9.17) is 4.74 Å². The van der Waals surface area contributed by atoms with Crippen molar-refractivity contribution < 1.29 is 24.5 Å². The van der Waals surface area contributed by atoms with Crippen LogP contribution >= 0.6 is 11.3 Å². The highest BCUT2D eigenvalue weighted by Gasteiger charge is 2.30. The molecule has 1 aromatic carbocycles. The van der Waals surface area contributed by atoms with Gasteiger partial charge in [-0.3, -0.25) is 19.4 Å². The topological polar surface area (TPSA) is 117 Å². The zero-order valence-corrected chi connectivity index (χ0v) is 19.4. The van der Waals surface area contributed by atoms with Gasteiger partial charge in [-0.25, -0.2) is 0 Å². The number of H-pyrrole nitrogens is 1. The Morgan fingerprint density at radius 2 is 1.62 bits per heavy atom. The van der Waals surface area contributed by atoms with Gasteiger partial charge in [0, 0.05) is 28.7 Å². The van der Waals surface area contributed by atoms with E-state index in [2.05, 4.69) is 4.98 Å². The molecule has 0 fully saturated rings. The first-order chi connectivity index (χ1) is 15.0. The van der Waals surface area contributed by atoms with Crippen LogP contribution in [0.3, 0.4) is 0 Å². The lowest BCUT2D eigenvalue weighted by atomic mass is 9.82. The van der Waals surface area contributed by atoms with Gasteiger partial charge in [0.1, 0.15) is 12.4 Å². The predicted octanol–water partition coefficient (Wildman–Crippen LogP) is 3.45. The molecule has 0 bridgehead atoms.